The number of pyridine rings is 2. The first-order valence-corrected chi connectivity index (χ1v) is 8.07. The highest BCUT2D eigenvalue weighted by Gasteiger charge is 2.20. The molecule has 3 rings (SSSR count). The number of aromatic hydroxyl groups is 1. The maximum Gasteiger partial charge on any atom is 0.258 e. The Bertz CT molecular complexity index is 1000. The monoisotopic (exact) mass is 362 g/mol. The molecule has 0 aliphatic rings. The molecule has 0 aliphatic heterocycles. The quantitative estimate of drug-likeness (QED) is 0.721. The third-order valence-corrected chi connectivity index (χ3v) is 4.38. The maximum absolute atomic E-state index is 14.6. The lowest BCUT2D eigenvalue weighted by molar-refractivity contribution is 0.414. The zero-order chi connectivity index (χ0) is 18.1. The van der Waals surface area contributed by atoms with E-state index in [1.807, 2.05) is 0 Å². The van der Waals surface area contributed by atoms with Crippen molar-refractivity contribution in [2.45, 2.75) is 19.9 Å². The number of halogens is 2. The molecule has 0 bridgehead atoms. The SMILES string of the molecule is CCc1c(O)c2cnc(Cl)c(F)c2n(Cc2ccc(OC)cc2)c1=O. The molecule has 1 N–H and O–H groups in total. The molecule has 7 heteroatoms. The normalized spacial score (nSPS) is 11.0. The lowest BCUT2D eigenvalue weighted by Gasteiger charge is -2.15. The zero-order valence-corrected chi connectivity index (χ0v) is 14.5. The van der Waals surface area contributed by atoms with Crippen LogP contribution in [0.4, 0.5) is 4.39 Å². The largest absolute Gasteiger partial charge is 0.507 e. The van der Waals surface area contributed by atoms with Gasteiger partial charge in [0.15, 0.2) is 11.0 Å². The number of fused-ring (bicyclic) bond motifs is 1. The van der Waals surface area contributed by atoms with Crippen LogP contribution in [0.25, 0.3) is 10.9 Å². The van der Waals surface area contributed by atoms with Crippen molar-refractivity contribution in [2.24, 2.45) is 0 Å². The summed E-state index contributed by atoms with van der Waals surface area (Å²) in [5, 5.41) is 10.1. The fourth-order valence-electron chi connectivity index (χ4n) is 2.80. The molecule has 2 aromatic heterocycles. The van der Waals surface area contributed by atoms with Gasteiger partial charge in [-0.1, -0.05) is 30.7 Å². The predicted molar refractivity (Wildman–Crippen MR) is 94.1 cm³/mol. The van der Waals surface area contributed by atoms with Crippen LogP contribution >= 0.6 is 11.6 Å². The van der Waals surface area contributed by atoms with Gasteiger partial charge in [-0.05, 0) is 24.1 Å². The Hall–Kier alpha value is -2.60. The Morgan fingerprint density at radius 3 is 2.60 bits per heavy atom. The summed E-state index contributed by atoms with van der Waals surface area (Å²) < 4.78 is 21.0. The van der Waals surface area contributed by atoms with Gasteiger partial charge < -0.3 is 14.4 Å². The number of aromatic nitrogens is 2. The number of nitrogens with zero attached hydrogens (tertiary/aromatic N) is 2. The van der Waals surface area contributed by atoms with Crippen molar-refractivity contribution in [3.05, 3.63) is 62.9 Å². The third-order valence-electron chi connectivity index (χ3n) is 4.12. The van der Waals surface area contributed by atoms with Gasteiger partial charge in [0.05, 0.1) is 30.1 Å². The molecule has 0 unspecified atom stereocenters. The van der Waals surface area contributed by atoms with Crippen molar-refractivity contribution in [1.29, 1.82) is 0 Å². The van der Waals surface area contributed by atoms with Crippen molar-refractivity contribution in [1.82, 2.24) is 9.55 Å². The fraction of sp³-hybridized carbons (Fsp3) is 0.222. The summed E-state index contributed by atoms with van der Waals surface area (Å²) in [5.41, 5.74) is 0.480. The molecule has 3 aromatic rings. The highest BCUT2D eigenvalue weighted by atomic mass is 35.5. The summed E-state index contributed by atoms with van der Waals surface area (Å²) in [7, 11) is 1.56. The first-order chi connectivity index (χ1) is 12.0. The number of ether oxygens (including phenoxy) is 1. The molecule has 0 saturated heterocycles. The molecular weight excluding hydrogens is 347 g/mol. The minimum atomic E-state index is -0.831. The van der Waals surface area contributed by atoms with E-state index in [1.165, 1.54) is 10.8 Å². The van der Waals surface area contributed by atoms with Gasteiger partial charge in [-0.15, -0.1) is 0 Å². The molecular formula is C18H16ClFN2O3. The number of hydrogen-bond acceptors (Lipinski definition) is 4. The van der Waals surface area contributed by atoms with Crippen LogP contribution in [0.2, 0.25) is 5.15 Å². The van der Waals surface area contributed by atoms with E-state index in [4.69, 9.17) is 16.3 Å². The minimum Gasteiger partial charge on any atom is -0.507 e. The van der Waals surface area contributed by atoms with Crippen LogP contribution in [-0.4, -0.2) is 21.8 Å². The van der Waals surface area contributed by atoms with Gasteiger partial charge in [-0.3, -0.25) is 4.79 Å². The van der Waals surface area contributed by atoms with Crippen LogP contribution < -0.4 is 10.3 Å². The van der Waals surface area contributed by atoms with Crippen LogP contribution in [0.15, 0.2) is 35.3 Å². The zero-order valence-electron chi connectivity index (χ0n) is 13.7. The van der Waals surface area contributed by atoms with E-state index < -0.39 is 11.4 Å². The van der Waals surface area contributed by atoms with Crippen molar-refractivity contribution >= 4 is 22.5 Å². The molecule has 0 atom stereocenters. The van der Waals surface area contributed by atoms with E-state index >= 15 is 0 Å². The molecule has 5 nitrogen and oxygen atoms in total. The van der Waals surface area contributed by atoms with E-state index in [0.29, 0.717) is 12.2 Å². The number of methoxy groups -OCH3 is 1. The smallest absolute Gasteiger partial charge is 0.258 e. The van der Waals surface area contributed by atoms with Gasteiger partial charge in [0.25, 0.3) is 5.56 Å². The lowest BCUT2D eigenvalue weighted by atomic mass is 10.1. The Kier molecular flexibility index (Phi) is 4.63. The second-order valence-corrected chi connectivity index (χ2v) is 5.90. The number of hydrogen-bond donors (Lipinski definition) is 1. The molecule has 0 aliphatic carbocycles. The molecule has 0 spiro atoms. The van der Waals surface area contributed by atoms with Crippen LogP contribution in [0.3, 0.4) is 0 Å². The van der Waals surface area contributed by atoms with Crippen molar-refractivity contribution in [3.8, 4) is 11.5 Å². The molecule has 0 radical (unpaired) electrons. The van der Waals surface area contributed by atoms with Gasteiger partial charge in [-0.2, -0.15) is 0 Å². The van der Waals surface area contributed by atoms with Crippen LogP contribution in [-0.2, 0) is 13.0 Å². The van der Waals surface area contributed by atoms with Crippen molar-refractivity contribution in [2.75, 3.05) is 7.11 Å². The predicted octanol–water partition coefficient (Wildman–Crippen LogP) is 3.51. The van der Waals surface area contributed by atoms with Crippen molar-refractivity contribution in [3.63, 3.8) is 0 Å². The third kappa shape index (κ3) is 2.93. The van der Waals surface area contributed by atoms with Gasteiger partial charge in [0, 0.05) is 6.20 Å². The minimum absolute atomic E-state index is 0.0597. The van der Waals surface area contributed by atoms with Gasteiger partial charge in [0.1, 0.15) is 11.5 Å². The number of rotatable bonds is 4. The first kappa shape index (κ1) is 17.2. The second kappa shape index (κ2) is 6.72. The highest BCUT2D eigenvalue weighted by molar-refractivity contribution is 6.30. The standard InChI is InChI=1S/C18H16ClFN2O3/c1-3-12-16(23)13-8-21-17(19)14(20)15(13)22(18(12)24)9-10-4-6-11(25-2)7-5-10/h4-8,23H,3,9H2,1-2H3. The summed E-state index contributed by atoms with van der Waals surface area (Å²) >= 11 is 5.78. The van der Waals surface area contributed by atoms with Crippen LogP contribution in [0, 0.1) is 5.82 Å². The maximum atomic E-state index is 14.6. The molecule has 2 heterocycles. The lowest BCUT2D eigenvalue weighted by Crippen LogP contribution is -2.25. The van der Waals surface area contributed by atoms with E-state index in [1.54, 1.807) is 38.3 Å². The average molecular weight is 363 g/mol. The summed E-state index contributed by atoms with van der Waals surface area (Å²) in [5.74, 6) is -0.404. The highest BCUT2D eigenvalue weighted by Crippen LogP contribution is 2.30. The Labute approximate surface area is 148 Å². The molecule has 0 saturated carbocycles. The summed E-state index contributed by atoms with van der Waals surface area (Å²) in [6, 6.07) is 7.09. The van der Waals surface area contributed by atoms with Gasteiger partial charge in [0.2, 0.25) is 0 Å². The first-order valence-electron chi connectivity index (χ1n) is 7.69. The summed E-state index contributed by atoms with van der Waals surface area (Å²) in [6.07, 6.45) is 1.59. The molecule has 25 heavy (non-hydrogen) atoms. The average Bonchev–Trinajstić information content (AvgIpc) is 2.62. The van der Waals surface area contributed by atoms with E-state index in [2.05, 4.69) is 4.98 Å². The second-order valence-electron chi connectivity index (χ2n) is 5.55. The molecule has 0 amide bonds. The van der Waals surface area contributed by atoms with Crippen LogP contribution in [0.1, 0.15) is 18.1 Å². The summed E-state index contributed by atoms with van der Waals surface area (Å²) in [4.78, 5) is 16.5. The van der Waals surface area contributed by atoms with Gasteiger partial charge in [-0.25, -0.2) is 9.37 Å². The summed E-state index contributed by atoms with van der Waals surface area (Å²) in [6.45, 7) is 1.88. The fourth-order valence-corrected chi connectivity index (χ4v) is 2.94. The molecule has 1 aromatic carbocycles. The topological polar surface area (TPSA) is 64.3 Å². The Morgan fingerprint density at radius 2 is 2.00 bits per heavy atom. The Balaban J connectivity index is 2.28. The van der Waals surface area contributed by atoms with Crippen molar-refractivity contribution < 1.29 is 14.2 Å². The van der Waals surface area contributed by atoms with E-state index in [0.717, 1.165) is 5.56 Å². The molecule has 0 fully saturated rings. The number of benzene rings is 1. The van der Waals surface area contributed by atoms with E-state index in [-0.39, 0.29) is 33.9 Å². The Morgan fingerprint density at radius 1 is 1.32 bits per heavy atom. The molecule has 130 valence electrons. The van der Waals surface area contributed by atoms with E-state index in [9.17, 15) is 14.3 Å². The van der Waals surface area contributed by atoms with Gasteiger partial charge >= 0.3 is 0 Å². The van der Waals surface area contributed by atoms with Crippen LogP contribution in [0.5, 0.6) is 11.5 Å².